The van der Waals surface area contributed by atoms with Crippen LogP contribution in [0.2, 0.25) is 0 Å². The number of thiophene rings is 1. The summed E-state index contributed by atoms with van der Waals surface area (Å²) in [7, 11) is 0. The van der Waals surface area contributed by atoms with E-state index in [0.717, 1.165) is 11.2 Å². The fourth-order valence-electron chi connectivity index (χ4n) is 0.707. The van der Waals surface area contributed by atoms with Gasteiger partial charge in [0.25, 0.3) is 0 Å². The monoisotopic (exact) mass is 151 g/mol. The second-order valence-electron chi connectivity index (χ2n) is 1.86. The Morgan fingerprint density at radius 2 is 2.50 bits per heavy atom. The van der Waals surface area contributed by atoms with Crippen LogP contribution in [0.15, 0.2) is 6.07 Å². The van der Waals surface area contributed by atoms with Gasteiger partial charge in [-0.15, -0.1) is 11.3 Å². The standard InChI is InChI=1S/C7H5NOS/c1-5-2-6(3-8)7(4-9)10-5/h2,4H,1H3. The highest BCUT2D eigenvalue weighted by Gasteiger charge is 2.03. The zero-order valence-corrected chi connectivity index (χ0v) is 6.23. The molecule has 1 aromatic rings. The highest BCUT2D eigenvalue weighted by Crippen LogP contribution is 2.18. The highest BCUT2D eigenvalue weighted by molar-refractivity contribution is 7.13. The van der Waals surface area contributed by atoms with E-state index in [4.69, 9.17) is 5.26 Å². The summed E-state index contributed by atoms with van der Waals surface area (Å²) in [6, 6.07) is 3.66. The van der Waals surface area contributed by atoms with E-state index in [1.807, 2.05) is 13.0 Å². The molecule has 0 saturated carbocycles. The molecule has 1 aromatic heterocycles. The van der Waals surface area contributed by atoms with Gasteiger partial charge in [0.15, 0.2) is 6.29 Å². The van der Waals surface area contributed by atoms with Crippen molar-refractivity contribution in [2.75, 3.05) is 0 Å². The molecule has 0 N–H and O–H groups in total. The molecule has 0 unspecified atom stereocenters. The maximum Gasteiger partial charge on any atom is 0.161 e. The van der Waals surface area contributed by atoms with Crippen molar-refractivity contribution in [2.24, 2.45) is 0 Å². The lowest BCUT2D eigenvalue weighted by molar-refractivity contribution is 0.112. The summed E-state index contributed by atoms with van der Waals surface area (Å²) in [5.41, 5.74) is 0.484. The van der Waals surface area contributed by atoms with Gasteiger partial charge in [-0.2, -0.15) is 5.26 Å². The molecule has 0 radical (unpaired) electrons. The highest BCUT2D eigenvalue weighted by atomic mass is 32.1. The predicted octanol–water partition coefficient (Wildman–Crippen LogP) is 1.74. The van der Waals surface area contributed by atoms with Crippen LogP contribution < -0.4 is 0 Å². The number of hydrogen-bond acceptors (Lipinski definition) is 3. The third-order valence-corrected chi connectivity index (χ3v) is 2.09. The second kappa shape index (κ2) is 2.63. The van der Waals surface area contributed by atoms with Crippen LogP contribution in [0.3, 0.4) is 0 Å². The van der Waals surface area contributed by atoms with Crippen LogP contribution in [0, 0.1) is 18.3 Å². The average molecular weight is 151 g/mol. The summed E-state index contributed by atoms with van der Waals surface area (Å²) in [6.07, 6.45) is 0.718. The topological polar surface area (TPSA) is 40.9 Å². The molecule has 0 aliphatic carbocycles. The van der Waals surface area contributed by atoms with Gasteiger partial charge in [0.2, 0.25) is 0 Å². The van der Waals surface area contributed by atoms with E-state index < -0.39 is 0 Å². The van der Waals surface area contributed by atoms with Gasteiger partial charge >= 0.3 is 0 Å². The number of nitriles is 1. The number of carbonyl (C=O) groups is 1. The Kier molecular flexibility index (Phi) is 1.83. The maximum absolute atomic E-state index is 10.3. The first-order chi connectivity index (χ1) is 4.77. The Balaban J connectivity index is 3.24. The number of hydrogen-bond donors (Lipinski definition) is 0. The zero-order chi connectivity index (χ0) is 7.56. The molecule has 0 fully saturated rings. The number of nitrogens with zero attached hydrogens (tertiary/aromatic N) is 1. The maximum atomic E-state index is 10.3. The quantitative estimate of drug-likeness (QED) is 0.573. The molecule has 0 atom stereocenters. The molecular formula is C7H5NOS. The molecule has 0 saturated heterocycles. The van der Waals surface area contributed by atoms with Crippen molar-refractivity contribution in [3.05, 3.63) is 21.4 Å². The molecule has 1 rings (SSSR count). The number of aldehydes is 1. The summed E-state index contributed by atoms with van der Waals surface area (Å²) in [5.74, 6) is 0. The average Bonchev–Trinajstić information content (AvgIpc) is 2.30. The van der Waals surface area contributed by atoms with Gasteiger partial charge in [0, 0.05) is 4.88 Å². The molecule has 3 heteroatoms. The van der Waals surface area contributed by atoms with Crippen LogP contribution in [0.25, 0.3) is 0 Å². The summed E-state index contributed by atoms with van der Waals surface area (Å²) in [6.45, 7) is 1.87. The molecular weight excluding hydrogens is 146 g/mol. The molecule has 1 heterocycles. The van der Waals surface area contributed by atoms with Crippen LogP contribution in [0.5, 0.6) is 0 Å². The number of carbonyl (C=O) groups excluding carboxylic acids is 1. The minimum absolute atomic E-state index is 0.484. The summed E-state index contributed by atoms with van der Waals surface area (Å²) < 4.78 is 0. The predicted molar refractivity (Wildman–Crippen MR) is 39.2 cm³/mol. The van der Waals surface area contributed by atoms with Crippen molar-refractivity contribution in [2.45, 2.75) is 6.92 Å². The van der Waals surface area contributed by atoms with Gasteiger partial charge in [-0.1, -0.05) is 0 Å². The van der Waals surface area contributed by atoms with E-state index in [1.165, 1.54) is 11.3 Å². The van der Waals surface area contributed by atoms with Gasteiger partial charge < -0.3 is 0 Å². The van der Waals surface area contributed by atoms with Crippen molar-refractivity contribution < 1.29 is 4.79 Å². The van der Waals surface area contributed by atoms with Crippen molar-refractivity contribution in [1.82, 2.24) is 0 Å². The molecule has 10 heavy (non-hydrogen) atoms. The third kappa shape index (κ3) is 1.07. The molecule has 50 valence electrons. The van der Waals surface area contributed by atoms with Crippen LogP contribution >= 0.6 is 11.3 Å². The van der Waals surface area contributed by atoms with Gasteiger partial charge in [0.05, 0.1) is 10.4 Å². The largest absolute Gasteiger partial charge is 0.297 e. The fraction of sp³-hybridized carbons (Fsp3) is 0.143. The normalized spacial score (nSPS) is 8.80. The van der Waals surface area contributed by atoms with Crippen LogP contribution in [-0.2, 0) is 0 Å². The minimum Gasteiger partial charge on any atom is -0.297 e. The molecule has 2 nitrogen and oxygen atoms in total. The minimum atomic E-state index is 0.484. The van der Waals surface area contributed by atoms with Gasteiger partial charge in [-0.3, -0.25) is 4.79 Å². The first kappa shape index (κ1) is 6.97. The van der Waals surface area contributed by atoms with Crippen molar-refractivity contribution in [3.8, 4) is 6.07 Å². The third-order valence-electron chi connectivity index (χ3n) is 1.11. The first-order valence-electron chi connectivity index (χ1n) is 2.73. The molecule has 0 aromatic carbocycles. The Hall–Kier alpha value is -1.14. The van der Waals surface area contributed by atoms with Crippen molar-refractivity contribution in [1.29, 1.82) is 5.26 Å². The fourth-order valence-corrected chi connectivity index (χ4v) is 1.49. The lowest BCUT2D eigenvalue weighted by Gasteiger charge is -1.76. The van der Waals surface area contributed by atoms with Crippen LogP contribution in [0.1, 0.15) is 20.1 Å². The molecule has 0 amide bonds. The summed E-state index contributed by atoms with van der Waals surface area (Å²) >= 11 is 1.35. The van der Waals surface area contributed by atoms with E-state index >= 15 is 0 Å². The Morgan fingerprint density at radius 3 is 2.90 bits per heavy atom. The lowest BCUT2D eigenvalue weighted by Crippen LogP contribution is -1.74. The summed E-state index contributed by atoms with van der Waals surface area (Å²) in [5, 5.41) is 8.46. The first-order valence-corrected chi connectivity index (χ1v) is 3.55. The Morgan fingerprint density at radius 1 is 1.80 bits per heavy atom. The lowest BCUT2D eigenvalue weighted by atomic mass is 10.3. The van der Waals surface area contributed by atoms with Crippen LogP contribution in [0.4, 0.5) is 0 Å². The van der Waals surface area contributed by atoms with Crippen molar-refractivity contribution in [3.63, 3.8) is 0 Å². The smallest absolute Gasteiger partial charge is 0.161 e. The van der Waals surface area contributed by atoms with E-state index in [2.05, 4.69) is 0 Å². The summed E-state index contributed by atoms with van der Waals surface area (Å²) in [4.78, 5) is 11.8. The molecule has 0 aliphatic heterocycles. The zero-order valence-electron chi connectivity index (χ0n) is 5.42. The molecule has 0 aliphatic rings. The Bertz CT molecular complexity index is 295. The van der Waals surface area contributed by atoms with Gasteiger partial charge in [-0.25, -0.2) is 0 Å². The number of aryl methyl sites for hydroxylation is 1. The SMILES string of the molecule is Cc1cc(C#N)c(C=O)s1. The van der Waals surface area contributed by atoms with Gasteiger partial charge in [-0.05, 0) is 13.0 Å². The molecule has 0 bridgehead atoms. The van der Waals surface area contributed by atoms with E-state index in [0.29, 0.717) is 10.4 Å². The van der Waals surface area contributed by atoms with E-state index in [-0.39, 0.29) is 0 Å². The van der Waals surface area contributed by atoms with Crippen LogP contribution in [-0.4, -0.2) is 6.29 Å². The van der Waals surface area contributed by atoms with E-state index in [9.17, 15) is 4.79 Å². The molecule has 0 spiro atoms. The second-order valence-corrected chi connectivity index (χ2v) is 3.15. The van der Waals surface area contributed by atoms with Gasteiger partial charge in [0.1, 0.15) is 6.07 Å². The van der Waals surface area contributed by atoms with E-state index in [1.54, 1.807) is 6.07 Å². The number of rotatable bonds is 1. The van der Waals surface area contributed by atoms with Crippen molar-refractivity contribution >= 4 is 17.6 Å². The Labute approximate surface area is 62.7 Å².